The lowest BCUT2D eigenvalue weighted by Crippen LogP contribution is -2.56. The Morgan fingerprint density at radius 2 is 2.00 bits per heavy atom. The lowest BCUT2D eigenvalue weighted by molar-refractivity contribution is -0.177. The van der Waals surface area contributed by atoms with Crippen molar-refractivity contribution in [2.45, 2.75) is 44.3 Å². The number of rotatable bonds is 1. The molecule has 0 heterocycles. The number of hydrogen-bond donors (Lipinski definition) is 1. The van der Waals surface area contributed by atoms with Crippen LogP contribution in [-0.2, 0) is 4.74 Å². The summed E-state index contributed by atoms with van der Waals surface area (Å²) in [4.78, 5) is 0. The Bertz CT molecular complexity index is 150. The molecule has 2 unspecified atom stereocenters. The second-order valence-corrected chi connectivity index (χ2v) is 3.92. The van der Waals surface area contributed by atoms with Gasteiger partial charge in [-0.2, -0.15) is 0 Å². The van der Waals surface area contributed by atoms with E-state index in [0.717, 1.165) is 6.42 Å². The first kappa shape index (κ1) is 7.56. The number of aliphatic hydroxyl groups is 1. The number of methoxy groups -OCH3 is 1. The van der Waals surface area contributed by atoms with Crippen LogP contribution in [0.15, 0.2) is 0 Å². The molecule has 2 fully saturated rings. The van der Waals surface area contributed by atoms with Crippen LogP contribution >= 0.6 is 0 Å². The molecule has 2 nitrogen and oxygen atoms in total. The first-order valence-electron chi connectivity index (χ1n) is 4.50. The second kappa shape index (κ2) is 2.46. The Morgan fingerprint density at radius 1 is 1.36 bits per heavy atom. The summed E-state index contributed by atoms with van der Waals surface area (Å²) in [5.41, 5.74) is 0.175. The zero-order valence-corrected chi connectivity index (χ0v) is 7.05. The average molecular weight is 156 g/mol. The molecule has 2 rings (SSSR count). The van der Waals surface area contributed by atoms with Crippen LogP contribution in [0, 0.1) is 5.41 Å². The largest absolute Gasteiger partial charge is 0.392 e. The van der Waals surface area contributed by atoms with E-state index in [9.17, 15) is 5.11 Å². The predicted octanol–water partition coefficient (Wildman–Crippen LogP) is 1.33. The average Bonchev–Trinajstić information content (AvgIpc) is 2.50. The molecule has 0 aromatic rings. The van der Waals surface area contributed by atoms with Crippen molar-refractivity contribution in [3.63, 3.8) is 0 Å². The van der Waals surface area contributed by atoms with E-state index in [-0.39, 0.29) is 11.5 Å². The lowest BCUT2D eigenvalue weighted by Gasteiger charge is -2.50. The highest BCUT2D eigenvalue weighted by atomic mass is 16.5. The fourth-order valence-electron chi connectivity index (χ4n) is 2.75. The van der Waals surface area contributed by atoms with Crippen molar-refractivity contribution in [3.05, 3.63) is 0 Å². The summed E-state index contributed by atoms with van der Waals surface area (Å²) < 4.78 is 5.33. The predicted molar refractivity (Wildman–Crippen MR) is 42.3 cm³/mol. The fourth-order valence-corrected chi connectivity index (χ4v) is 2.75. The topological polar surface area (TPSA) is 29.5 Å². The molecule has 0 aromatic carbocycles. The third-order valence-corrected chi connectivity index (χ3v) is 3.56. The van der Waals surface area contributed by atoms with E-state index in [4.69, 9.17) is 4.74 Å². The van der Waals surface area contributed by atoms with Gasteiger partial charge in [0.05, 0.1) is 12.2 Å². The molecule has 0 saturated heterocycles. The first-order chi connectivity index (χ1) is 5.29. The van der Waals surface area contributed by atoms with Gasteiger partial charge in [0, 0.05) is 18.9 Å². The van der Waals surface area contributed by atoms with Crippen LogP contribution in [0.5, 0.6) is 0 Å². The lowest BCUT2D eigenvalue weighted by atomic mass is 9.62. The van der Waals surface area contributed by atoms with Crippen molar-refractivity contribution in [3.8, 4) is 0 Å². The van der Waals surface area contributed by atoms with Gasteiger partial charge in [-0.05, 0) is 12.8 Å². The summed E-state index contributed by atoms with van der Waals surface area (Å²) >= 11 is 0. The summed E-state index contributed by atoms with van der Waals surface area (Å²) in [5, 5.41) is 9.62. The number of aliphatic hydroxyl groups excluding tert-OH is 1. The van der Waals surface area contributed by atoms with Crippen LogP contribution in [0.4, 0.5) is 0 Å². The van der Waals surface area contributed by atoms with Gasteiger partial charge >= 0.3 is 0 Å². The van der Waals surface area contributed by atoms with Gasteiger partial charge in [0.15, 0.2) is 0 Å². The van der Waals surface area contributed by atoms with Gasteiger partial charge in [-0.1, -0.05) is 12.8 Å². The Balaban J connectivity index is 2.08. The summed E-state index contributed by atoms with van der Waals surface area (Å²) in [6, 6.07) is 0. The second-order valence-electron chi connectivity index (χ2n) is 3.92. The van der Waals surface area contributed by atoms with Gasteiger partial charge in [-0.3, -0.25) is 0 Å². The van der Waals surface area contributed by atoms with Crippen molar-refractivity contribution in [2.24, 2.45) is 5.41 Å². The van der Waals surface area contributed by atoms with Gasteiger partial charge in [-0.25, -0.2) is 0 Å². The highest BCUT2D eigenvalue weighted by molar-refractivity contribution is 5.06. The fraction of sp³-hybridized carbons (Fsp3) is 1.00. The molecule has 0 radical (unpaired) electrons. The highest BCUT2D eigenvalue weighted by Gasteiger charge is 2.55. The molecule has 11 heavy (non-hydrogen) atoms. The van der Waals surface area contributed by atoms with E-state index < -0.39 is 0 Å². The smallest absolute Gasteiger partial charge is 0.0677 e. The van der Waals surface area contributed by atoms with Crippen molar-refractivity contribution in [1.29, 1.82) is 0 Å². The number of hydrogen-bond acceptors (Lipinski definition) is 2. The summed E-state index contributed by atoms with van der Waals surface area (Å²) in [6.45, 7) is 0. The van der Waals surface area contributed by atoms with Gasteiger partial charge in [0.25, 0.3) is 0 Å². The summed E-state index contributed by atoms with van der Waals surface area (Å²) in [7, 11) is 1.76. The molecular formula is C9H16O2. The molecule has 2 aliphatic carbocycles. The molecule has 1 spiro atoms. The SMILES string of the molecule is COC1CC(O)C12CCCC2. The molecule has 2 saturated carbocycles. The molecule has 0 aromatic heterocycles. The molecule has 2 heteroatoms. The van der Waals surface area contributed by atoms with Crippen LogP contribution in [0.3, 0.4) is 0 Å². The minimum atomic E-state index is -0.0741. The molecular weight excluding hydrogens is 140 g/mol. The third kappa shape index (κ3) is 0.859. The highest BCUT2D eigenvalue weighted by Crippen LogP contribution is 2.54. The van der Waals surface area contributed by atoms with Crippen molar-refractivity contribution >= 4 is 0 Å². The molecule has 0 amide bonds. The Morgan fingerprint density at radius 3 is 2.45 bits per heavy atom. The quantitative estimate of drug-likeness (QED) is 0.620. The molecule has 1 N–H and O–H groups in total. The van der Waals surface area contributed by atoms with Crippen LogP contribution in [0.1, 0.15) is 32.1 Å². The first-order valence-corrected chi connectivity index (χ1v) is 4.50. The number of ether oxygens (including phenoxy) is 1. The minimum absolute atomic E-state index is 0.0741. The van der Waals surface area contributed by atoms with Crippen molar-refractivity contribution in [1.82, 2.24) is 0 Å². The van der Waals surface area contributed by atoms with Crippen molar-refractivity contribution < 1.29 is 9.84 Å². The van der Waals surface area contributed by atoms with Crippen LogP contribution in [0.25, 0.3) is 0 Å². The Kier molecular flexibility index (Phi) is 1.69. The van der Waals surface area contributed by atoms with Gasteiger partial charge in [-0.15, -0.1) is 0 Å². The van der Waals surface area contributed by atoms with E-state index in [0.29, 0.717) is 6.10 Å². The summed E-state index contributed by atoms with van der Waals surface area (Å²) in [6.07, 6.45) is 6.03. The van der Waals surface area contributed by atoms with E-state index in [1.54, 1.807) is 7.11 Å². The van der Waals surface area contributed by atoms with E-state index in [1.807, 2.05) is 0 Å². The minimum Gasteiger partial charge on any atom is -0.392 e. The molecule has 0 aliphatic heterocycles. The molecule has 2 atom stereocenters. The maximum atomic E-state index is 9.62. The van der Waals surface area contributed by atoms with Crippen LogP contribution < -0.4 is 0 Å². The third-order valence-electron chi connectivity index (χ3n) is 3.56. The zero-order valence-electron chi connectivity index (χ0n) is 7.05. The van der Waals surface area contributed by atoms with E-state index in [2.05, 4.69) is 0 Å². The Hall–Kier alpha value is -0.0800. The molecule has 64 valence electrons. The maximum absolute atomic E-state index is 9.62. The van der Waals surface area contributed by atoms with Gasteiger partial charge in [0.1, 0.15) is 0 Å². The van der Waals surface area contributed by atoms with Crippen molar-refractivity contribution in [2.75, 3.05) is 7.11 Å². The van der Waals surface area contributed by atoms with Gasteiger partial charge in [0.2, 0.25) is 0 Å². The maximum Gasteiger partial charge on any atom is 0.0677 e. The van der Waals surface area contributed by atoms with E-state index in [1.165, 1.54) is 25.7 Å². The summed E-state index contributed by atoms with van der Waals surface area (Å²) in [5.74, 6) is 0. The van der Waals surface area contributed by atoms with Gasteiger partial charge < -0.3 is 9.84 Å². The van der Waals surface area contributed by atoms with E-state index >= 15 is 0 Å². The molecule has 0 bridgehead atoms. The normalized spacial score (nSPS) is 40.9. The zero-order chi connectivity index (χ0) is 7.90. The Labute approximate surface area is 67.6 Å². The monoisotopic (exact) mass is 156 g/mol. The van der Waals surface area contributed by atoms with Crippen LogP contribution in [0.2, 0.25) is 0 Å². The molecule has 2 aliphatic rings. The standard InChI is InChI=1S/C9H16O2/c1-11-8-6-7(10)9(8)4-2-3-5-9/h7-8,10H,2-6H2,1H3. The van der Waals surface area contributed by atoms with Crippen LogP contribution in [-0.4, -0.2) is 24.4 Å².